The second kappa shape index (κ2) is 70.1. The molecule has 0 aromatic heterocycles. The summed E-state index contributed by atoms with van der Waals surface area (Å²) in [5, 5.41) is 10.6. The van der Waals surface area contributed by atoms with Crippen molar-refractivity contribution in [2.75, 3.05) is 39.6 Å². The first-order valence-corrected chi connectivity index (χ1v) is 43.1. The molecule has 0 aromatic rings. The zero-order chi connectivity index (χ0) is 70.5. The number of hydrogen-bond donors (Lipinski definition) is 3. The average molecular weight is 1410 g/mol. The normalized spacial score (nSPS) is 13.9. The van der Waals surface area contributed by atoms with Gasteiger partial charge < -0.3 is 33.8 Å². The molecule has 0 aliphatic carbocycles. The molecule has 0 aliphatic heterocycles. The standard InChI is InChI=1S/C77H150O17P2/c1-6-9-12-15-18-21-23-25-27-29-31-33-35-41-46-51-56-61-75(80)88-67-73(93-76(81)62-57-52-47-42-36-34-32-30-28-26-24-22-19-16-13-10-7-2)69-92-96(85,86)90-65-71(78)64-89-95(83,84)91-68-72(66-87-74(79)60-55-50-45-39-20-17-14-11-8-3)94-77(82)63-58-53-48-43-38-37-40-44-49-54-59-70(4)5/h70-73,78H,6-69H2,1-5H3,(H,83,84)(H,85,86)/t71-,72+,73+/m0/s1. The van der Waals surface area contributed by atoms with Gasteiger partial charge in [-0.3, -0.25) is 37.3 Å². The molecule has 0 rings (SSSR count). The van der Waals surface area contributed by atoms with Crippen molar-refractivity contribution in [1.29, 1.82) is 0 Å². The van der Waals surface area contributed by atoms with Crippen molar-refractivity contribution in [3.8, 4) is 0 Å². The number of carbonyl (C=O) groups is 4. The van der Waals surface area contributed by atoms with E-state index < -0.39 is 97.5 Å². The third-order valence-corrected chi connectivity index (χ3v) is 19.9. The van der Waals surface area contributed by atoms with Gasteiger partial charge in [0.25, 0.3) is 0 Å². The number of rotatable bonds is 77. The fraction of sp³-hybridized carbons (Fsp3) is 0.948. The van der Waals surface area contributed by atoms with Crippen LogP contribution in [-0.2, 0) is 65.4 Å². The van der Waals surface area contributed by atoms with E-state index in [0.717, 1.165) is 95.8 Å². The lowest BCUT2D eigenvalue weighted by Crippen LogP contribution is -2.30. The fourth-order valence-electron chi connectivity index (χ4n) is 11.9. The van der Waals surface area contributed by atoms with E-state index in [4.69, 9.17) is 37.0 Å². The van der Waals surface area contributed by atoms with Gasteiger partial charge in [0.1, 0.15) is 19.3 Å². The summed E-state index contributed by atoms with van der Waals surface area (Å²) < 4.78 is 68.5. The lowest BCUT2D eigenvalue weighted by molar-refractivity contribution is -0.161. The van der Waals surface area contributed by atoms with Crippen LogP contribution in [0.2, 0.25) is 0 Å². The summed E-state index contributed by atoms with van der Waals surface area (Å²) in [6.07, 6.45) is 59.6. The van der Waals surface area contributed by atoms with Gasteiger partial charge in [0.15, 0.2) is 12.2 Å². The van der Waals surface area contributed by atoms with Crippen LogP contribution >= 0.6 is 15.6 Å². The average Bonchev–Trinajstić information content (AvgIpc) is 2.68. The number of aliphatic hydroxyl groups is 1. The summed E-state index contributed by atoms with van der Waals surface area (Å²) in [4.78, 5) is 72.8. The second-order valence-corrected chi connectivity index (χ2v) is 31.1. The van der Waals surface area contributed by atoms with Crippen molar-refractivity contribution >= 4 is 39.5 Å². The molecule has 0 saturated heterocycles. The highest BCUT2D eigenvalue weighted by atomic mass is 31.2. The van der Waals surface area contributed by atoms with Crippen LogP contribution in [0.4, 0.5) is 0 Å². The molecule has 0 aliphatic rings. The van der Waals surface area contributed by atoms with Crippen molar-refractivity contribution in [2.45, 2.75) is 425 Å². The molecule has 0 spiro atoms. The van der Waals surface area contributed by atoms with E-state index in [2.05, 4.69) is 34.6 Å². The molecule has 0 fully saturated rings. The van der Waals surface area contributed by atoms with Crippen LogP contribution in [0.5, 0.6) is 0 Å². The van der Waals surface area contributed by atoms with Gasteiger partial charge in [0.2, 0.25) is 0 Å². The van der Waals surface area contributed by atoms with Crippen LogP contribution in [0, 0.1) is 5.92 Å². The molecule has 3 N–H and O–H groups in total. The summed E-state index contributed by atoms with van der Waals surface area (Å²) in [7, 11) is -9.91. The maximum Gasteiger partial charge on any atom is 0.472 e. The SMILES string of the molecule is CCCCCCCCCCCCCCCCCCCC(=O)OC[C@H](COP(=O)(O)OC[C@@H](O)COP(=O)(O)OC[C@@H](COC(=O)CCCCCCCCCCC)OC(=O)CCCCCCCCCCCCC(C)C)OC(=O)CCCCCCCCCCCCCCCCCCC. The van der Waals surface area contributed by atoms with Crippen molar-refractivity contribution in [3.05, 3.63) is 0 Å². The van der Waals surface area contributed by atoms with Crippen LogP contribution in [0.3, 0.4) is 0 Å². The fourth-order valence-corrected chi connectivity index (χ4v) is 13.5. The summed E-state index contributed by atoms with van der Waals surface area (Å²) >= 11 is 0. The number of phosphoric ester groups is 2. The van der Waals surface area contributed by atoms with E-state index in [1.807, 2.05) is 0 Å². The third kappa shape index (κ3) is 70.5. The Morgan fingerprint density at radius 2 is 0.479 bits per heavy atom. The predicted molar refractivity (Wildman–Crippen MR) is 391 cm³/mol. The van der Waals surface area contributed by atoms with Gasteiger partial charge in [0.05, 0.1) is 26.4 Å². The van der Waals surface area contributed by atoms with E-state index >= 15 is 0 Å². The van der Waals surface area contributed by atoms with Crippen LogP contribution in [0.25, 0.3) is 0 Å². The van der Waals surface area contributed by atoms with Crippen molar-refractivity contribution in [1.82, 2.24) is 0 Å². The molecular formula is C77H150O17P2. The molecule has 17 nitrogen and oxygen atoms in total. The maximum atomic E-state index is 13.1. The minimum atomic E-state index is -4.96. The molecular weight excluding hydrogens is 1260 g/mol. The highest BCUT2D eigenvalue weighted by Gasteiger charge is 2.30. The van der Waals surface area contributed by atoms with E-state index in [-0.39, 0.29) is 25.7 Å². The Labute approximate surface area is 588 Å². The van der Waals surface area contributed by atoms with Gasteiger partial charge in [-0.1, -0.05) is 356 Å². The molecule has 0 radical (unpaired) electrons. The lowest BCUT2D eigenvalue weighted by atomic mass is 10.0. The molecule has 0 bridgehead atoms. The molecule has 0 aromatic carbocycles. The minimum absolute atomic E-state index is 0.106. The van der Waals surface area contributed by atoms with Gasteiger partial charge in [-0.15, -0.1) is 0 Å². The molecule has 0 amide bonds. The Balaban J connectivity index is 5.22. The first-order valence-electron chi connectivity index (χ1n) is 40.1. The van der Waals surface area contributed by atoms with Crippen LogP contribution < -0.4 is 0 Å². The van der Waals surface area contributed by atoms with Crippen molar-refractivity contribution in [2.24, 2.45) is 5.92 Å². The Kier molecular flexibility index (Phi) is 68.7. The third-order valence-electron chi connectivity index (χ3n) is 18.0. The smallest absolute Gasteiger partial charge is 0.462 e. The number of unbranched alkanes of at least 4 members (excludes halogenated alkanes) is 49. The molecule has 0 heterocycles. The molecule has 96 heavy (non-hydrogen) atoms. The number of ether oxygens (including phenoxy) is 4. The molecule has 5 atom stereocenters. The van der Waals surface area contributed by atoms with Crippen LogP contribution in [0.15, 0.2) is 0 Å². The van der Waals surface area contributed by atoms with Crippen molar-refractivity contribution in [3.63, 3.8) is 0 Å². The Morgan fingerprint density at radius 1 is 0.281 bits per heavy atom. The molecule has 2 unspecified atom stereocenters. The Hall–Kier alpha value is -1.94. The number of esters is 4. The summed E-state index contributed by atoms with van der Waals surface area (Å²) in [5.41, 5.74) is 0. The second-order valence-electron chi connectivity index (χ2n) is 28.2. The quantitative estimate of drug-likeness (QED) is 0.0222. The number of aliphatic hydroxyl groups excluding tert-OH is 1. The molecule has 0 saturated carbocycles. The highest BCUT2D eigenvalue weighted by molar-refractivity contribution is 7.47. The van der Waals surface area contributed by atoms with Crippen molar-refractivity contribution < 1.29 is 80.2 Å². The van der Waals surface area contributed by atoms with E-state index in [1.54, 1.807) is 0 Å². The summed E-state index contributed by atoms with van der Waals surface area (Å²) in [6.45, 7) is 7.28. The largest absolute Gasteiger partial charge is 0.472 e. The summed E-state index contributed by atoms with van der Waals surface area (Å²) in [6, 6.07) is 0. The first-order chi connectivity index (χ1) is 46.5. The lowest BCUT2D eigenvalue weighted by Gasteiger charge is -2.21. The van der Waals surface area contributed by atoms with Gasteiger partial charge in [-0.25, -0.2) is 9.13 Å². The Morgan fingerprint density at radius 3 is 0.708 bits per heavy atom. The van der Waals surface area contributed by atoms with E-state index in [0.29, 0.717) is 25.7 Å². The minimum Gasteiger partial charge on any atom is -0.462 e. The number of hydrogen-bond acceptors (Lipinski definition) is 15. The first kappa shape index (κ1) is 94.1. The molecule has 19 heteroatoms. The number of carbonyl (C=O) groups excluding carboxylic acids is 4. The summed E-state index contributed by atoms with van der Waals surface area (Å²) in [5.74, 6) is -1.36. The maximum absolute atomic E-state index is 13.1. The predicted octanol–water partition coefficient (Wildman–Crippen LogP) is 22.9. The molecule has 570 valence electrons. The Bertz CT molecular complexity index is 1840. The van der Waals surface area contributed by atoms with Gasteiger partial charge in [-0.05, 0) is 31.6 Å². The zero-order valence-electron chi connectivity index (χ0n) is 62.5. The zero-order valence-corrected chi connectivity index (χ0v) is 64.3. The van der Waals surface area contributed by atoms with Crippen LogP contribution in [-0.4, -0.2) is 96.7 Å². The topological polar surface area (TPSA) is 237 Å². The monoisotopic (exact) mass is 1410 g/mol. The number of phosphoric acid groups is 2. The van der Waals surface area contributed by atoms with E-state index in [1.165, 1.54) is 231 Å². The van der Waals surface area contributed by atoms with E-state index in [9.17, 15) is 43.2 Å². The van der Waals surface area contributed by atoms with Gasteiger partial charge in [-0.2, -0.15) is 0 Å². The van der Waals surface area contributed by atoms with Gasteiger partial charge >= 0.3 is 39.5 Å². The highest BCUT2D eigenvalue weighted by Crippen LogP contribution is 2.45. The van der Waals surface area contributed by atoms with Crippen LogP contribution in [0.1, 0.15) is 407 Å². The van der Waals surface area contributed by atoms with Gasteiger partial charge in [0, 0.05) is 25.7 Å².